The summed E-state index contributed by atoms with van der Waals surface area (Å²) in [6, 6.07) is 0.344. The standard InChI is InChI=1S/C6H8NO.3C4H9.Sn/c1-4-3-5(2)7-6(4)8;3*1-3-4-2;/h1,5H,3H2,2H3,(H,7,8);3*1,3-4H2,2H3;/t5-;;;;/m0..../s1. The first kappa shape index (κ1) is 19.1. The molecule has 0 unspecified atom stereocenters. The van der Waals surface area contributed by atoms with Gasteiger partial charge in [-0.05, 0) is 0 Å². The molecule has 1 rings (SSSR count). The molecule has 0 spiro atoms. The Kier molecular flexibility index (Phi) is 8.99. The molecule has 122 valence electrons. The van der Waals surface area contributed by atoms with Gasteiger partial charge in [-0.25, -0.2) is 0 Å². The van der Waals surface area contributed by atoms with E-state index in [1.54, 1.807) is 0 Å². The molecule has 0 bridgehead atoms. The predicted octanol–water partition coefficient (Wildman–Crippen LogP) is 5.21. The first-order valence-electron chi connectivity index (χ1n) is 9.09. The first-order chi connectivity index (χ1) is 10.1. The predicted molar refractivity (Wildman–Crippen MR) is 95.2 cm³/mol. The molecule has 0 saturated carbocycles. The molecule has 1 saturated heterocycles. The van der Waals surface area contributed by atoms with E-state index in [0.29, 0.717) is 6.04 Å². The van der Waals surface area contributed by atoms with E-state index < -0.39 is 18.4 Å². The molecule has 3 heteroatoms. The normalized spacial score (nSPS) is 21.0. The van der Waals surface area contributed by atoms with Crippen LogP contribution in [0.4, 0.5) is 0 Å². The van der Waals surface area contributed by atoms with Gasteiger partial charge in [-0.3, -0.25) is 0 Å². The van der Waals surface area contributed by atoms with Crippen molar-refractivity contribution >= 4 is 24.3 Å². The SMILES string of the molecule is CCC[CH2][Sn](/[CH]=C1/C[C@H](C)NC1=O)([CH2]CCC)[CH2]CCC. The fraction of sp³-hybridized carbons (Fsp3) is 0.833. The zero-order valence-electron chi connectivity index (χ0n) is 14.6. The monoisotopic (exact) mass is 401 g/mol. The molecule has 0 radical (unpaired) electrons. The van der Waals surface area contributed by atoms with Crippen molar-refractivity contribution in [3.05, 3.63) is 9.67 Å². The Morgan fingerprint density at radius 3 is 1.86 bits per heavy atom. The average molecular weight is 400 g/mol. The Hall–Kier alpha value is 0.00870. The number of hydrogen-bond acceptors (Lipinski definition) is 1. The molecule has 0 aromatic heterocycles. The zero-order chi connectivity index (χ0) is 15.7. The summed E-state index contributed by atoms with van der Waals surface area (Å²) in [5.74, 6) is 0.230. The number of unbranched alkanes of at least 4 members (excludes halogenated alkanes) is 3. The van der Waals surface area contributed by atoms with Gasteiger partial charge in [-0.2, -0.15) is 0 Å². The van der Waals surface area contributed by atoms with Crippen LogP contribution in [0.2, 0.25) is 13.3 Å². The van der Waals surface area contributed by atoms with Gasteiger partial charge in [0.25, 0.3) is 0 Å². The molecule has 1 N–H and O–H groups in total. The quantitative estimate of drug-likeness (QED) is 0.396. The molecular formula is C18H35NOSn. The van der Waals surface area contributed by atoms with Crippen LogP contribution in [0.1, 0.15) is 72.6 Å². The van der Waals surface area contributed by atoms with Gasteiger partial charge in [0.05, 0.1) is 0 Å². The van der Waals surface area contributed by atoms with Crippen molar-refractivity contribution in [2.24, 2.45) is 0 Å². The molecule has 1 fully saturated rings. The maximum absolute atomic E-state index is 12.1. The van der Waals surface area contributed by atoms with E-state index >= 15 is 0 Å². The number of nitrogens with one attached hydrogen (secondary N) is 1. The van der Waals surface area contributed by atoms with Gasteiger partial charge in [-0.1, -0.05) is 0 Å². The van der Waals surface area contributed by atoms with Gasteiger partial charge in [0.2, 0.25) is 0 Å². The van der Waals surface area contributed by atoms with Crippen LogP contribution in [0.25, 0.3) is 0 Å². The minimum absolute atomic E-state index is 0.230. The van der Waals surface area contributed by atoms with E-state index in [-0.39, 0.29) is 5.91 Å². The van der Waals surface area contributed by atoms with Crippen LogP contribution in [0, 0.1) is 0 Å². The van der Waals surface area contributed by atoms with Crippen molar-refractivity contribution in [2.45, 2.75) is 92.0 Å². The van der Waals surface area contributed by atoms with Crippen LogP contribution in [0.3, 0.4) is 0 Å². The van der Waals surface area contributed by atoms with Gasteiger partial charge in [0, 0.05) is 0 Å². The summed E-state index contributed by atoms with van der Waals surface area (Å²) in [6.07, 6.45) is 8.94. The van der Waals surface area contributed by atoms with E-state index in [1.165, 1.54) is 51.8 Å². The van der Waals surface area contributed by atoms with Gasteiger partial charge in [0.1, 0.15) is 0 Å². The molecular weight excluding hydrogens is 365 g/mol. The number of carbonyl (C=O) groups excluding carboxylic acids is 1. The van der Waals surface area contributed by atoms with E-state index in [0.717, 1.165) is 12.0 Å². The second-order valence-corrected chi connectivity index (χ2v) is 19.8. The zero-order valence-corrected chi connectivity index (χ0v) is 17.5. The van der Waals surface area contributed by atoms with Crippen LogP contribution < -0.4 is 5.32 Å². The molecule has 1 atom stereocenters. The Bertz CT molecular complexity index is 329. The van der Waals surface area contributed by atoms with E-state index in [9.17, 15) is 4.79 Å². The van der Waals surface area contributed by atoms with Gasteiger partial charge in [0.15, 0.2) is 0 Å². The topological polar surface area (TPSA) is 29.1 Å². The summed E-state index contributed by atoms with van der Waals surface area (Å²) in [4.78, 5) is 12.1. The molecule has 1 aliphatic heterocycles. The minimum atomic E-state index is -2.28. The molecule has 1 amide bonds. The van der Waals surface area contributed by atoms with Gasteiger partial charge < -0.3 is 0 Å². The Labute approximate surface area is 136 Å². The molecule has 21 heavy (non-hydrogen) atoms. The molecule has 1 aliphatic rings. The average Bonchev–Trinajstić information content (AvgIpc) is 2.78. The molecule has 0 aromatic rings. The van der Waals surface area contributed by atoms with Crippen molar-refractivity contribution in [3.8, 4) is 0 Å². The van der Waals surface area contributed by atoms with E-state index in [2.05, 4.69) is 37.1 Å². The maximum atomic E-state index is 12.1. The van der Waals surface area contributed by atoms with Crippen molar-refractivity contribution in [1.82, 2.24) is 5.32 Å². The van der Waals surface area contributed by atoms with E-state index in [4.69, 9.17) is 0 Å². The van der Waals surface area contributed by atoms with E-state index in [1.807, 2.05) is 0 Å². The second-order valence-electron chi connectivity index (χ2n) is 6.92. The van der Waals surface area contributed by atoms with Crippen LogP contribution in [0.5, 0.6) is 0 Å². The summed E-state index contributed by atoms with van der Waals surface area (Å²) in [5, 5.41) is 3.08. The van der Waals surface area contributed by atoms with Crippen molar-refractivity contribution < 1.29 is 4.79 Å². The van der Waals surface area contributed by atoms with Crippen LogP contribution in [-0.4, -0.2) is 30.3 Å². The molecule has 1 heterocycles. The summed E-state index contributed by atoms with van der Waals surface area (Å²) >= 11 is -2.28. The Morgan fingerprint density at radius 2 is 1.52 bits per heavy atom. The first-order valence-corrected chi connectivity index (χ1v) is 16.8. The Morgan fingerprint density at radius 1 is 1.05 bits per heavy atom. The summed E-state index contributed by atoms with van der Waals surface area (Å²) in [6.45, 7) is 9.02. The van der Waals surface area contributed by atoms with Gasteiger partial charge >= 0.3 is 136 Å². The van der Waals surface area contributed by atoms with Gasteiger partial charge in [-0.15, -0.1) is 0 Å². The van der Waals surface area contributed by atoms with Crippen molar-refractivity contribution in [2.75, 3.05) is 0 Å². The fourth-order valence-corrected chi connectivity index (χ4v) is 18.7. The number of amides is 1. The van der Waals surface area contributed by atoms with Crippen molar-refractivity contribution in [1.29, 1.82) is 0 Å². The Balaban J connectivity index is 2.94. The third kappa shape index (κ3) is 6.33. The molecule has 2 nitrogen and oxygen atoms in total. The summed E-state index contributed by atoms with van der Waals surface area (Å²) in [5.41, 5.74) is 1.14. The summed E-state index contributed by atoms with van der Waals surface area (Å²) in [7, 11) is 0. The summed E-state index contributed by atoms with van der Waals surface area (Å²) < 4.78 is 6.96. The fourth-order valence-electron chi connectivity index (χ4n) is 3.46. The number of carbonyl (C=O) groups is 1. The third-order valence-electron chi connectivity index (χ3n) is 4.76. The number of rotatable bonds is 10. The molecule has 0 aromatic carbocycles. The number of hydrogen-bond donors (Lipinski definition) is 1. The van der Waals surface area contributed by atoms with Crippen LogP contribution in [0.15, 0.2) is 9.67 Å². The van der Waals surface area contributed by atoms with Crippen molar-refractivity contribution in [3.63, 3.8) is 0 Å². The van der Waals surface area contributed by atoms with Crippen LogP contribution >= 0.6 is 0 Å². The third-order valence-corrected chi connectivity index (χ3v) is 19.1. The molecule has 0 aliphatic carbocycles. The van der Waals surface area contributed by atoms with Crippen LogP contribution in [-0.2, 0) is 4.79 Å². The second kappa shape index (κ2) is 9.91.